The van der Waals surface area contributed by atoms with Crippen molar-refractivity contribution >= 4 is 21.6 Å². The van der Waals surface area contributed by atoms with E-state index in [0.717, 1.165) is 15.7 Å². The van der Waals surface area contributed by atoms with E-state index in [1.54, 1.807) is 0 Å². The number of aryl methyl sites for hydroxylation is 3. The molecular formula is C17H19BrFN. The maximum Gasteiger partial charge on any atom is 0.124 e. The average Bonchev–Trinajstić information content (AvgIpc) is 2.33. The maximum atomic E-state index is 13.2. The highest BCUT2D eigenvalue weighted by molar-refractivity contribution is 9.10. The second kappa shape index (κ2) is 5.96. The lowest BCUT2D eigenvalue weighted by molar-refractivity contribution is 0.625. The van der Waals surface area contributed by atoms with E-state index in [-0.39, 0.29) is 11.9 Å². The molecule has 0 bridgehead atoms. The number of rotatable bonds is 3. The number of nitrogens with one attached hydrogen (secondary N) is 1. The van der Waals surface area contributed by atoms with Crippen molar-refractivity contribution in [2.75, 3.05) is 5.32 Å². The number of halogens is 2. The van der Waals surface area contributed by atoms with Crippen molar-refractivity contribution in [2.24, 2.45) is 0 Å². The molecule has 0 aliphatic rings. The number of benzene rings is 2. The first-order chi connectivity index (χ1) is 9.38. The summed E-state index contributed by atoms with van der Waals surface area (Å²) in [7, 11) is 0. The minimum atomic E-state index is -0.226. The number of anilines is 1. The van der Waals surface area contributed by atoms with Gasteiger partial charge in [-0.1, -0.05) is 39.7 Å². The Kier molecular flexibility index (Phi) is 4.48. The molecule has 106 valence electrons. The zero-order valence-electron chi connectivity index (χ0n) is 12.2. The number of hydrogen-bond donors (Lipinski definition) is 1. The Bertz CT molecular complexity index is 614. The zero-order chi connectivity index (χ0) is 14.9. The van der Waals surface area contributed by atoms with E-state index >= 15 is 0 Å². The second-order valence-corrected chi connectivity index (χ2v) is 6.16. The molecule has 20 heavy (non-hydrogen) atoms. The zero-order valence-corrected chi connectivity index (χ0v) is 13.8. The molecule has 1 N–H and O–H groups in total. The fraction of sp³-hybridized carbons (Fsp3) is 0.294. The van der Waals surface area contributed by atoms with Crippen LogP contribution in [0.3, 0.4) is 0 Å². The Hall–Kier alpha value is -1.35. The van der Waals surface area contributed by atoms with Crippen molar-refractivity contribution in [2.45, 2.75) is 33.7 Å². The van der Waals surface area contributed by atoms with Gasteiger partial charge < -0.3 is 5.32 Å². The van der Waals surface area contributed by atoms with E-state index in [4.69, 9.17) is 0 Å². The Balaban J connectivity index is 2.30. The monoisotopic (exact) mass is 335 g/mol. The van der Waals surface area contributed by atoms with E-state index in [1.165, 1.54) is 28.8 Å². The molecule has 0 aliphatic carbocycles. The molecule has 1 atom stereocenters. The lowest BCUT2D eigenvalue weighted by atomic mass is 10.0. The standard InChI is InChI=1S/C17H19BrFN/c1-10-7-11(2)17(12(3)8-10)20-13(4)15-6-5-14(19)9-16(15)18/h5-9,13,20H,1-4H3. The van der Waals surface area contributed by atoms with Crippen LogP contribution in [-0.2, 0) is 0 Å². The van der Waals surface area contributed by atoms with Crippen LogP contribution in [0, 0.1) is 26.6 Å². The van der Waals surface area contributed by atoms with Gasteiger partial charge in [0.05, 0.1) is 0 Å². The molecular weight excluding hydrogens is 317 g/mol. The molecule has 2 rings (SSSR count). The SMILES string of the molecule is Cc1cc(C)c(NC(C)c2ccc(F)cc2Br)c(C)c1. The van der Waals surface area contributed by atoms with Crippen LogP contribution >= 0.6 is 15.9 Å². The third-order valence-electron chi connectivity index (χ3n) is 3.47. The molecule has 0 heterocycles. The molecule has 2 aromatic rings. The predicted octanol–water partition coefficient (Wildman–Crippen LogP) is 5.69. The number of hydrogen-bond acceptors (Lipinski definition) is 1. The van der Waals surface area contributed by atoms with Crippen molar-refractivity contribution in [3.05, 3.63) is 62.9 Å². The fourth-order valence-corrected chi connectivity index (χ4v) is 3.25. The summed E-state index contributed by atoms with van der Waals surface area (Å²) in [5.41, 5.74) is 5.92. The van der Waals surface area contributed by atoms with Crippen molar-refractivity contribution in [3.63, 3.8) is 0 Å². The van der Waals surface area contributed by atoms with Crippen LogP contribution in [0.25, 0.3) is 0 Å². The van der Waals surface area contributed by atoms with Crippen molar-refractivity contribution in [1.29, 1.82) is 0 Å². The van der Waals surface area contributed by atoms with E-state index < -0.39 is 0 Å². The molecule has 0 amide bonds. The highest BCUT2D eigenvalue weighted by Gasteiger charge is 2.12. The smallest absolute Gasteiger partial charge is 0.124 e. The highest BCUT2D eigenvalue weighted by atomic mass is 79.9. The van der Waals surface area contributed by atoms with Gasteiger partial charge >= 0.3 is 0 Å². The first kappa shape index (κ1) is 15.0. The molecule has 1 unspecified atom stereocenters. The molecule has 0 saturated heterocycles. The predicted molar refractivity (Wildman–Crippen MR) is 86.8 cm³/mol. The maximum absolute atomic E-state index is 13.2. The van der Waals surface area contributed by atoms with Gasteiger partial charge in [0, 0.05) is 16.2 Å². The van der Waals surface area contributed by atoms with Gasteiger partial charge in [-0.25, -0.2) is 4.39 Å². The first-order valence-electron chi connectivity index (χ1n) is 6.68. The van der Waals surface area contributed by atoms with E-state index in [0.29, 0.717) is 0 Å². The van der Waals surface area contributed by atoms with Gasteiger partial charge in [0.15, 0.2) is 0 Å². The summed E-state index contributed by atoms with van der Waals surface area (Å²) >= 11 is 3.43. The first-order valence-corrected chi connectivity index (χ1v) is 7.47. The Morgan fingerprint density at radius 2 is 1.65 bits per heavy atom. The fourth-order valence-electron chi connectivity index (χ4n) is 2.55. The molecule has 0 spiro atoms. The summed E-state index contributed by atoms with van der Waals surface area (Å²) in [6.07, 6.45) is 0. The summed E-state index contributed by atoms with van der Waals surface area (Å²) in [5, 5.41) is 3.53. The van der Waals surface area contributed by atoms with E-state index in [2.05, 4.69) is 61.1 Å². The summed E-state index contributed by atoms with van der Waals surface area (Å²) in [6, 6.07) is 9.25. The summed E-state index contributed by atoms with van der Waals surface area (Å²) in [5.74, 6) is -0.226. The Labute approximate surface area is 128 Å². The van der Waals surface area contributed by atoms with Gasteiger partial charge in [-0.05, 0) is 56.5 Å². The molecule has 0 saturated carbocycles. The Morgan fingerprint density at radius 3 is 2.20 bits per heavy atom. The van der Waals surface area contributed by atoms with E-state index in [9.17, 15) is 4.39 Å². The van der Waals surface area contributed by atoms with Gasteiger partial charge in [0.2, 0.25) is 0 Å². The lowest BCUT2D eigenvalue weighted by Crippen LogP contribution is -2.10. The minimum Gasteiger partial charge on any atom is -0.378 e. The topological polar surface area (TPSA) is 12.0 Å². The van der Waals surface area contributed by atoms with Crippen LogP contribution in [0.2, 0.25) is 0 Å². The van der Waals surface area contributed by atoms with Crippen LogP contribution in [0.15, 0.2) is 34.8 Å². The normalized spacial score (nSPS) is 12.3. The van der Waals surface area contributed by atoms with Crippen LogP contribution < -0.4 is 5.32 Å². The largest absolute Gasteiger partial charge is 0.378 e. The molecule has 0 radical (unpaired) electrons. The average molecular weight is 336 g/mol. The molecule has 1 nitrogen and oxygen atoms in total. The van der Waals surface area contributed by atoms with Gasteiger partial charge in [-0.3, -0.25) is 0 Å². The van der Waals surface area contributed by atoms with Crippen LogP contribution in [-0.4, -0.2) is 0 Å². The van der Waals surface area contributed by atoms with Gasteiger partial charge in [-0.2, -0.15) is 0 Å². The van der Waals surface area contributed by atoms with Gasteiger partial charge in [-0.15, -0.1) is 0 Å². The summed E-state index contributed by atoms with van der Waals surface area (Å²) < 4.78 is 14.0. The quantitative estimate of drug-likeness (QED) is 0.760. The molecule has 3 heteroatoms. The van der Waals surface area contributed by atoms with Crippen molar-refractivity contribution < 1.29 is 4.39 Å². The van der Waals surface area contributed by atoms with Gasteiger partial charge in [0.25, 0.3) is 0 Å². The van der Waals surface area contributed by atoms with Gasteiger partial charge in [0.1, 0.15) is 5.82 Å². The van der Waals surface area contributed by atoms with E-state index in [1.807, 2.05) is 6.07 Å². The van der Waals surface area contributed by atoms with Crippen molar-refractivity contribution in [1.82, 2.24) is 0 Å². The minimum absolute atomic E-state index is 0.102. The third kappa shape index (κ3) is 3.21. The molecule has 0 aromatic heterocycles. The molecule has 0 aliphatic heterocycles. The van der Waals surface area contributed by atoms with Crippen LogP contribution in [0.4, 0.5) is 10.1 Å². The Morgan fingerprint density at radius 1 is 1.05 bits per heavy atom. The highest BCUT2D eigenvalue weighted by Crippen LogP contribution is 2.30. The summed E-state index contributed by atoms with van der Waals surface area (Å²) in [4.78, 5) is 0. The van der Waals surface area contributed by atoms with Crippen LogP contribution in [0.1, 0.15) is 35.2 Å². The molecule has 0 fully saturated rings. The summed E-state index contributed by atoms with van der Waals surface area (Å²) in [6.45, 7) is 8.39. The van der Waals surface area contributed by atoms with Crippen molar-refractivity contribution in [3.8, 4) is 0 Å². The molecule has 2 aromatic carbocycles. The lowest BCUT2D eigenvalue weighted by Gasteiger charge is -2.21. The third-order valence-corrected chi connectivity index (χ3v) is 4.15. The van der Waals surface area contributed by atoms with Crippen LogP contribution in [0.5, 0.6) is 0 Å². The second-order valence-electron chi connectivity index (χ2n) is 5.31.